The third-order valence-electron chi connectivity index (χ3n) is 4.13. The van der Waals surface area contributed by atoms with Crippen molar-refractivity contribution in [1.29, 1.82) is 0 Å². The van der Waals surface area contributed by atoms with Crippen LogP contribution in [-0.4, -0.2) is 35.4 Å². The van der Waals surface area contributed by atoms with Crippen molar-refractivity contribution < 1.29 is 18.0 Å². The number of hydrogen-bond donors (Lipinski definition) is 3. The highest BCUT2D eigenvalue weighted by Gasteiger charge is 2.26. The van der Waals surface area contributed by atoms with E-state index in [1.54, 1.807) is 51.4 Å². The molecule has 3 N–H and O–H groups in total. The van der Waals surface area contributed by atoms with Gasteiger partial charge in [0.1, 0.15) is 0 Å². The number of para-hydroxylation sites is 1. The number of carbonyl (C=O) groups excluding carboxylic acids is 2. The molecule has 0 saturated heterocycles. The molecule has 3 rings (SSSR count). The highest BCUT2D eigenvalue weighted by molar-refractivity contribution is 7.94. The van der Waals surface area contributed by atoms with Crippen LogP contribution in [0.15, 0.2) is 53.1 Å². The molecule has 1 aromatic carbocycles. The van der Waals surface area contributed by atoms with Gasteiger partial charge >= 0.3 is 0 Å². The Morgan fingerprint density at radius 3 is 2.50 bits per heavy atom. The summed E-state index contributed by atoms with van der Waals surface area (Å²) in [7, 11) is -4.13. The van der Waals surface area contributed by atoms with Crippen LogP contribution in [0.5, 0.6) is 0 Å². The smallest absolute Gasteiger partial charge is 0.291 e. The molecule has 12 heteroatoms. The molecule has 3 aromatic rings. The van der Waals surface area contributed by atoms with Crippen molar-refractivity contribution in [2.45, 2.75) is 31.7 Å². The maximum Gasteiger partial charge on any atom is 0.291 e. The first kappa shape index (κ1) is 23.3. The number of rotatable bonds is 7. The lowest BCUT2D eigenvalue weighted by Crippen LogP contribution is -2.27. The van der Waals surface area contributed by atoms with Gasteiger partial charge in [0.25, 0.3) is 20.3 Å². The minimum absolute atomic E-state index is 0.0628. The Morgan fingerprint density at radius 2 is 1.81 bits per heavy atom. The number of anilines is 2. The van der Waals surface area contributed by atoms with Crippen molar-refractivity contribution in [3.8, 4) is 0 Å². The van der Waals surface area contributed by atoms with Crippen molar-refractivity contribution in [2.24, 2.45) is 5.41 Å². The zero-order valence-electron chi connectivity index (χ0n) is 17.6. The van der Waals surface area contributed by atoms with E-state index in [2.05, 4.69) is 30.5 Å². The van der Waals surface area contributed by atoms with Crippen molar-refractivity contribution in [2.75, 3.05) is 10.0 Å². The van der Waals surface area contributed by atoms with Gasteiger partial charge in [-0.05, 0) is 23.8 Å². The minimum Gasteiger partial charge on any atom is -0.348 e. The number of sulfonamides is 1. The molecule has 10 nitrogen and oxygen atoms in total. The lowest BCUT2D eigenvalue weighted by atomic mass is 9.96. The number of pyridine rings is 1. The van der Waals surface area contributed by atoms with E-state index in [0.717, 1.165) is 5.56 Å². The van der Waals surface area contributed by atoms with Crippen molar-refractivity contribution in [1.82, 2.24) is 20.5 Å². The molecule has 2 aromatic heterocycles. The Morgan fingerprint density at radius 1 is 1.06 bits per heavy atom. The van der Waals surface area contributed by atoms with Crippen LogP contribution in [0.25, 0.3) is 0 Å². The van der Waals surface area contributed by atoms with Gasteiger partial charge in [0.15, 0.2) is 0 Å². The molecule has 0 atom stereocenters. The Hall–Kier alpha value is -3.38. The van der Waals surface area contributed by atoms with Gasteiger partial charge in [-0.3, -0.25) is 19.3 Å². The van der Waals surface area contributed by atoms with E-state index >= 15 is 0 Å². The summed E-state index contributed by atoms with van der Waals surface area (Å²) in [5, 5.41) is 12.7. The molecule has 0 aliphatic heterocycles. The third kappa shape index (κ3) is 5.86. The van der Waals surface area contributed by atoms with Crippen LogP contribution >= 0.6 is 11.3 Å². The topological polar surface area (TPSA) is 143 Å². The number of nitrogens with one attached hydrogen (secondary N) is 3. The lowest BCUT2D eigenvalue weighted by Gasteiger charge is -2.15. The maximum atomic E-state index is 12.8. The van der Waals surface area contributed by atoms with E-state index in [4.69, 9.17) is 0 Å². The first-order valence-corrected chi connectivity index (χ1v) is 11.8. The summed E-state index contributed by atoms with van der Waals surface area (Å²) in [6, 6.07) is 9.77. The second-order valence-corrected chi connectivity index (χ2v) is 10.6. The van der Waals surface area contributed by atoms with Gasteiger partial charge in [0, 0.05) is 24.4 Å². The molecule has 0 unspecified atom stereocenters. The fourth-order valence-electron chi connectivity index (χ4n) is 2.39. The van der Waals surface area contributed by atoms with Crippen LogP contribution in [0.2, 0.25) is 0 Å². The van der Waals surface area contributed by atoms with Crippen LogP contribution in [-0.2, 0) is 21.4 Å². The van der Waals surface area contributed by atoms with E-state index in [-0.39, 0.29) is 33.2 Å². The van der Waals surface area contributed by atoms with Gasteiger partial charge in [-0.25, -0.2) is 0 Å². The summed E-state index contributed by atoms with van der Waals surface area (Å²) >= 11 is 0.713. The van der Waals surface area contributed by atoms with E-state index in [0.29, 0.717) is 11.3 Å². The predicted molar refractivity (Wildman–Crippen MR) is 121 cm³/mol. The molecule has 168 valence electrons. The highest BCUT2D eigenvalue weighted by Crippen LogP contribution is 2.26. The van der Waals surface area contributed by atoms with E-state index in [1.807, 2.05) is 6.07 Å². The van der Waals surface area contributed by atoms with Gasteiger partial charge < -0.3 is 10.6 Å². The van der Waals surface area contributed by atoms with Gasteiger partial charge in [-0.1, -0.05) is 50.3 Å². The number of hydrogen-bond acceptors (Lipinski definition) is 8. The maximum absolute atomic E-state index is 12.8. The van der Waals surface area contributed by atoms with E-state index in [9.17, 15) is 18.0 Å². The van der Waals surface area contributed by atoms with Gasteiger partial charge in [-0.2, -0.15) is 8.42 Å². The summed E-state index contributed by atoms with van der Waals surface area (Å²) in [4.78, 5) is 28.7. The number of nitrogens with zero attached hydrogens (tertiary/aromatic N) is 3. The van der Waals surface area contributed by atoms with Crippen LogP contribution in [0.4, 0.5) is 10.8 Å². The standard InChI is InChI=1S/C20H22N6O4S2/c1-20(2,3)17(28)23-18-24-25-19(31-18)32(29,30)26-15-9-5-4-8-14(15)16(27)22-12-13-7-6-10-21-11-13/h4-11,26H,12H2,1-3H3,(H,22,27)(H,23,24,28). The number of aromatic nitrogens is 3. The fourth-order valence-corrected chi connectivity index (χ4v) is 4.37. The monoisotopic (exact) mass is 474 g/mol. The van der Waals surface area contributed by atoms with Gasteiger partial charge in [0.05, 0.1) is 11.3 Å². The summed E-state index contributed by atoms with van der Waals surface area (Å²) in [5.74, 6) is -0.774. The normalized spacial score (nSPS) is 11.6. The van der Waals surface area contributed by atoms with E-state index in [1.165, 1.54) is 12.1 Å². The largest absolute Gasteiger partial charge is 0.348 e. The summed E-state index contributed by atoms with van der Waals surface area (Å²) in [6.45, 7) is 5.40. The van der Waals surface area contributed by atoms with Crippen molar-refractivity contribution in [3.63, 3.8) is 0 Å². The molecule has 0 fully saturated rings. The summed E-state index contributed by atoms with van der Waals surface area (Å²) < 4.78 is 27.6. The van der Waals surface area contributed by atoms with Crippen molar-refractivity contribution in [3.05, 3.63) is 59.9 Å². The lowest BCUT2D eigenvalue weighted by molar-refractivity contribution is -0.123. The van der Waals surface area contributed by atoms with Gasteiger partial charge in [-0.15, -0.1) is 10.2 Å². The molecular weight excluding hydrogens is 452 g/mol. The van der Waals surface area contributed by atoms with Crippen LogP contribution < -0.4 is 15.4 Å². The molecule has 0 saturated carbocycles. The van der Waals surface area contributed by atoms with E-state index < -0.39 is 21.3 Å². The fraction of sp³-hybridized carbons (Fsp3) is 0.250. The number of amides is 2. The summed E-state index contributed by atoms with van der Waals surface area (Å²) in [5.41, 5.74) is 0.362. The summed E-state index contributed by atoms with van der Waals surface area (Å²) in [6.07, 6.45) is 3.25. The molecule has 0 aliphatic carbocycles. The predicted octanol–water partition coefficient (Wildman–Crippen LogP) is 2.65. The zero-order chi connectivity index (χ0) is 23.4. The number of benzene rings is 1. The highest BCUT2D eigenvalue weighted by atomic mass is 32.2. The number of carbonyl (C=O) groups is 2. The Kier molecular flexibility index (Phi) is 6.84. The minimum atomic E-state index is -4.13. The SMILES string of the molecule is CC(C)(C)C(=O)Nc1nnc(S(=O)(=O)Nc2ccccc2C(=O)NCc2cccnc2)s1. The molecule has 0 spiro atoms. The first-order chi connectivity index (χ1) is 15.1. The molecule has 0 radical (unpaired) electrons. The second-order valence-electron chi connectivity index (χ2n) is 7.77. The molecular formula is C20H22N6O4S2. The van der Waals surface area contributed by atoms with Crippen LogP contribution in [0.3, 0.4) is 0 Å². The molecule has 32 heavy (non-hydrogen) atoms. The zero-order valence-corrected chi connectivity index (χ0v) is 19.3. The third-order valence-corrected chi connectivity index (χ3v) is 6.70. The van der Waals surface area contributed by atoms with Crippen LogP contribution in [0, 0.1) is 5.41 Å². The average molecular weight is 475 g/mol. The van der Waals surface area contributed by atoms with Gasteiger partial charge in [0.2, 0.25) is 11.0 Å². The van der Waals surface area contributed by atoms with Crippen molar-refractivity contribution >= 4 is 44.0 Å². The first-order valence-electron chi connectivity index (χ1n) is 9.50. The molecule has 0 bridgehead atoms. The second kappa shape index (κ2) is 9.40. The Balaban J connectivity index is 1.74. The Bertz CT molecular complexity index is 1220. The molecule has 0 aliphatic rings. The molecule has 2 heterocycles. The average Bonchev–Trinajstić information content (AvgIpc) is 3.22. The molecule has 2 amide bonds. The van der Waals surface area contributed by atoms with Crippen LogP contribution in [0.1, 0.15) is 36.7 Å². The quantitative estimate of drug-likeness (QED) is 0.447. The Labute approximate surface area is 189 Å².